The second-order valence-electron chi connectivity index (χ2n) is 3.21. The van der Waals surface area contributed by atoms with Crippen molar-refractivity contribution in [2.75, 3.05) is 5.32 Å². The first-order valence-corrected chi connectivity index (χ1v) is 4.78. The molecule has 0 radical (unpaired) electrons. The molecule has 2 rings (SSSR count). The fourth-order valence-corrected chi connectivity index (χ4v) is 1.36. The van der Waals surface area contributed by atoms with E-state index in [0.717, 1.165) is 12.2 Å². The smallest absolute Gasteiger partial charge is 1.00 e. The fraction of sp³-hybridized carbons (Fsp3) is 0.0769. The van der Waals surface area contributed by atoms with Crippen LogP contribution in [0.4, 0.5) is 5.69 Å². The van der Waals surface area contributed by atoms with Crippen LogP contribution in [0.15, 0.2) is 60.7 Å². The van der Waals surface area contributed by atoms with Crippen LogP contribution in [0.5, 0.6) is 0 Å². The molecule has 0 atom stereocenters. The van der Waals surface area contributed by atoms with E-state index in [4.69, 9.17) is 0 Å². The van der Waals surface area contributed by atoms with Crippen molar-refractivity contribution < 1.29 is 34.0 Å². The Labute approximate surface area is 140 Å². The molecule has 0 unspecified atom stereocenters. The predicted molar refractivity (Wildman–Crippen MR) is 66.0 cm³/mol. The number of benzene rings is 2. The minimum absolute atomic E-state index is 0. The normalized spacial score (nSPS) is 8.00. The van der Waals surface area contributed by atoms with E-state index in [0.29, 0.717) is 0 Å². The maximum atomic E-state index is 3.36. The quantitative estimate of drug-likeness (QED) is 0.568. The van der Waals surface area contributed by atoms with Crippen molar-refractivity contribution >= 4 is 28.7 Å². The molecule has 0 aromatic heterocycles. The van der Waals surface area contributed by atoms with Gasteiger partial charge in [0.1, 0.15) is 0 Å². The Kier molecular flexibility index (Phi) is 12.6. The van der Waals surface area contributed by atoms with Gasteiger partial charge in [0.2, 0.25) is 0 Å². The second kappa shape index (κ2) is 11.1. The van der Waals surface area contributed by atoms with Gasteiger partial charge < -0.3 is 39.3 Å². The van der Waals surface area contributed by atoms with Crippen LogP contribution in [0.2, 0.25) is 0 Å². The van der Waals surface area contributed by atoms with Crippen molar-refractivity contribution in [2.24, 2.45) is 0 Å². The van der Waals surface area contributed by atoms with Gasteiger partial charge in [0, 0.05) is 12.2 Å². The third-order valence-electron chi connectivity index (χ3n) is 2.11. The molecule has 1 nitrogen and oxygen atoms in total. The topological polar surface area (TPSA) is 12.0 Å². The van der Waals surface area contributed by atoms with E-state index < -0.39 is 0 Å². The summed E-state index contributed by atoms with van der Waals surface area (Å²) in [7, 11) is 0. The van der Waals surface area contributed by atoms with Gasteiger partial charge in [-0.05, 0) is 17.7 Å². The van der Waals surface area contributed by atoms with Gasteiger partial charge in [0.25, 0.3) is 0 Å². The van der Waals surface area contributed by atoms with Crippen molar-refractivity contribution in [1.29, 1.82) is 0 Å². The zero-order chi connectivity index (χ0) is 9.64. The van der Waals surface area contributed by atoms with Gasteiger partial charge in [-0.1, -0.05) is 48.5 Å². The Hall–Kier alpha value is -0.0338. The summed E-state index contributed by atoms with van der Waals surface area (Å²) in [6.45, 7) is 0.880. The van der Waals surface area contributed by atoms with Crippen molar-refractivity contribution in [2.45, 2.75) is 6.54 Å². The number of para-hydroxylation sites is 1. The Morgan fingerprint density at radius 3 is 1.71 bits per heavy atom. The van der Waals surface area contributed by atoms with Gasteiger partial charge in [0.15, 0.2) is 0 Å². The first kappa shape index (κ1) is 19.3. The van der Waals surface area contributed by atoms with Gasteiger partial charge in [-0.2, -0.15) is 0 Å². The molecule has 0 bridgehead atoms. The number of rotatable bonds is 3. The molecule has 2 aromatic carbocycles. The summed E-state index contributed by atoms with van der Waals surface area (Å²) < 4.78 is 0. The van der Waals surface area contributed by atoms with Crippen LogP contribution < -0.4 is 39.3 Å². The molecule has 2 aromatic rings. The van der Waals surface area contributed by atoms with E-state index in [-0.39, 0.29) is 57.0 Å². The van der Waals surface area contributed by atoms with E-state index in [1.54, 1.807) is 0 Å². The second-order valence-corrected chi connectivity index (χ2v) is 3.21. The van der Waals surface area contributed by atoms with E-state index in [9.17, 15) is 0 Å². The number of hydrogen-bond acceptors (Lipinski definition) is 1. The molecule has 0 saturated heterocycles. The third kappa shape index (κ3) is 7.08. The summed E-state index contributed by atoms with van der Waals surface area (Å²) in [4.78, 5) is 0. The van der Waals surface area contributed by atoms with E-state index >= 15 is 0 Å². The Balaban J connectivity index is 0. The molecule has 17 heavy (non-hydrogen) atoms. The minimum atomic E-state index is 0. The standard InChI is InChI=1S/C13H13N.2BrH.Mg/c1-3-7-12(8-4-1)11-14-13-9-5-2-6-10-13;;;/h1-10,14H,11H2;2*1H;/q;;;+2/p-2. The zero-order valence-corrected chi connectivity index (χ0v) is 14.0. The van der Waals surface area contributed by atoms with Crippen molar-refractivity contribution in [3.63, 3.8) is 0 Å². The first-order valence-electron chi connectivity index (χ1n) is 4.78. The molecule has 0 aliphatic carbocycles. The Morgan fingerprint density at radius 1 is 0.706 bits per heavy atom. The molecule has 0 spiro atoms. The Bertz CT molecular complexity index is 342. The van der Waals surface area contributed by atoms with Gasteiger partial charge in [0.05, 0.1) is 0 Å². The molecule has 0 saturated carbocycles. The van der Waals surface area contributed by atoms with Crippen LogP contribution in [0.1, 0.15) is 5.56 Å². The summed E-state index contributed by atoms with van der Waals surface area (Å²) in [5, 5.41) is 3.36. The van der Waals surface area contributed by atoms with E-state index in [1.165, 1.54) is 5.56 Å². The van der Waals surface area contributed by atoms with E-state index in [2.05, 4.69) is 41.7 Å². The first-order chi connectivity index (χ1) is 6.95. The van der Waals surface area contributed by atoms with Gasteiger partial charge in [-0.15, -0.1) is 0 Å². The predicted octanol–water partition coefficient (Wildman–Crippen LogP) is -3.07. The maximum Gasteiger partial charge on any atom is 2.00 e. The van der Waals surface area contributed by atoms with Crippen molar-refractivity contribution in [1.82, 2.24) is 0 Å². The maximum absolute atomic E-state index is 3.36. The molecule has 0 fully saturated rings. The number of anilines is 1. The molecule has 0 aliphatic heterocycles. The molecule has 4 heteroatoms. The van der Waals surface area contributed by atoms with Crippen molar-refractivity contribution in [3.05, 3.63) is 66.2 Å². The minimum Gasteiger partial charge on any atom is -1.00 e. The SMILES string of the molecule is [Br-].[Br-].[Mg+2].c1ccc(CNc2ccccc2)cc1. The average Bonchev–Trinajstić information content (AvgIpc) is 2.29. The number of halogens is 2. The van der Waals surface area contributed by atoms with Crippen LogP contribution >= 0.6 is 0 Å². The Morgan fingerprint density at radius 2 is 1.18 bits per heavy atom. The number of nitrogens with one attached hydrogen (secondary N) is 1. The van der Waals surface area contributed by atoms with Crippen LogP contribution in [0.25, 0.3) is 0 Å². The average molecular weight is 367 g/mol. The van der Waals surface area contributed by atoms with Gasteiger partial charge in [-0.25, -0.2) is 0 Å². The monoisotopic (exact) mass is 365 g/mol. The zero-order valence-electron chi connectivity index (χ0n) is 9.44. The molecular weight excluding hydrogens is 354 g/mol. The van der Waals surface area contributed by atoms with Crippen LogP contribution in [-0.4, -0.2) is 23.1 Å². The summed E-state index contributed by atoms with van der Waals surface area (Å²) in [5.74, 6) is 0. The fourth-order valence-electron chi connectivity index (χ4n) is 1.36. The summed E-state index contributed by atoms with van der Waals surface area (Å²) >= 11 is 0. The molecule has 86 valence electrons. The van der Waals surface area contributed by atoms with Crippen LogP contribution in [-0.2, 0) is 6.54 Å². The summed E-state index contributed by atoms with van der Waals surface area (Å²) in [6.07, 6.45) is 0. The van der Waals surface area contributed by atoms with Crippen LogP contribution in [0.3, 0.4) is 0 Å². The molecule has 0 heterocycles. The van der Waals surface area contributed by atoms with Crippen molar-refractivity contribution in [3.8, 4) is 0 Å². The molecular formula is C13H13Br2MgN. The largest absolute Gasteiger partial charge is 2.00 e. The third-order valence-corrected chi connectivity index (χ3v) is 2.11. The molecule has 0 aliphatic rings. The van der Waals surface area contributed by atoms with Gasteiger partial charge in [-0.3, -0.25) is 0 Å². The van der Waals surface area contributed by atoms with Crippen LogP contribution in [0, 0.1) is 0 Å². The van der Waals surface area contributed by atoms with E-state index in [1.807, 2.05) is 24.3 Å². The molecule has 1 N–H and O–H groups in total. The summed E-state index contributed by atoms with van der Waals surface area (Å²) in [5.41, 5.74) is 2.47. The van der Waals surface area contributed by atoms with Gasteiger partial charge >= 0.3 is 23.1 Å². The number of hydrogen-bond donors (Lipinski definition) is 1. The summed E-state index contributed by atoms with van der Waals surface area (Å²) in [6, 6.07) is 20.6. The molecule has 0 amide bonds.